The molecule has 6 nitrogen and oxygen atoms in total. The molecule has 2 heterocycles. The molecule has 0 spiro atoms. The van der Waals surface area contributed by atoms with Gasteiger partial charge in [0.15, 0.2) is 0 Å². The van der Waals surface area contributed by atoms with Crippen molar-refractivity contribution in [3.8, 4) is 5.88 Å². The summed E-state index contributed by atoms with van der Waals surface area (Å²) in [7, 11) is -3.57. The normalized spacial score (nSPS) is 18.7. The van der Waals surface area contributed by atoms with E-state index in [-0.39, 0.29) is 15.8 Å². The number of aryl methyl sites for hydroxylation is 1. The lowest BCUT2D eigenvalue weighted by atomic mass is 10.1. The van der Waals surface area contributed by atoms with Crippen LogP contribution in [0.2, 0.25) is 5.02 Å². The van der Waals surface area contributed by atoms with E-state index in [1.54, 1.807) is 24.3 Å². The average molecular weight is 368 g/mol. The Labute approximate surface area is 146 Å². The summed E-state index contributed by atoms with van der Waals surface area (Å²) in [6, 6.07) is 10.1. The van der Waals surface area contributed by atoms with Gasteiger partial charge in [0.1, 0.15) is 4.90 Å². The van der Waals surface area contributed by atoms with Crippen LogP contribution in [0.3, 0.4) is 0 Å². The van der Waals surface area contributed by atoms with E-state index in [1.165, 1.54) is 10.4 Å². The molecule has 0 bridgehead atoms. The van der Waals surface area contributed by atoms with Gasteiger partial charge in [-0.2, -0.15) is 9.40 Å². The lowest BCUT2D eigenvalue weighted by molar-refractivity contribution is 0.244. The zero-order chi connectivity index (χ0) is 17.2. The molecule has 0 aliphatic carbocycles. The van der Waals surface area contributed by atoms with Crippen LogP contribution >= 0.6 is 11.6 Å². The first kappa shape index (κ1) is 17.1. The zero-order valence-electron chi connectivity index (χ0n) is 13.2. The highest BCUT2D eigenvalue weighted by Crippen LogP contribution is 2.28. The van der Waals surface area contributed by atoms with E-state index in [4.69, 9.17) is 16.3 Å². The van der Waals surface area contributed by atoms with Crippen molar-refractivity contribution in [2.24, 2.45) is 5.92 Å². The van der Waals surface area contributed by atoms with Crippen molar-refractivity contribution in [1.29, 1.82) is 0 Å². The van der Waals surface area contributed by atoms with Gasteiger partial charge in [-0.15, -0.1) is 5.10 Å². The molecule has 0 saturated carbocycles. The first-order chi connectivity index (χ1) is 11.5. The SMILES string of the molecule is Cc1ccc(OCC2CCN(S(=O)(=O)c3ccccc3Cl)C2)nn1. The van der Waals surface area contributed by atoms with Crippen LogP contribution in [0.1, 0.15) is 12.1 Å². The maximum Gasteiger partial charge on any atom is 0.244 e. The standard InChI is InChI=1S/C16H18ClN3O3S/c1-12-6-7-16(19-18-12)23-11-13-8-9-20(10-13)24(21,22)15-5-3-2-4-14(15)17/h2-7,13H,8-11H2,1H3. The van der Waals surface area contributed by atoms with Gasteiger partial charge in [0.25, 0.3) is 0 Å². The predicted molar refractivity (Wildman–Crippen MR) is 90.6 cm³/mol. The highest BCUT2D eigenvalue weighted by atomic mass is 35.5. The van der Waals surface area contributed by atoms with Crippen LogP contribution in [0, 0.1) is 12.8 Å². The Morgan fingerprint density at radius 2 is 2.04 bits per heavy atom. The summed E-state index contributed by atoms with van der Waals surface area (Å²) < 4.78 is 32.5. The number of ether oxygens (including phenoxy) is 1. The highest BCUT2D eigenvalue weighted by molar-refractivity contribution is 7.89. The van der Waals surface area contributed by atoms with Crippen LogP contribution in [0.4, 0.5) is 0 Å². The van der Waals surface area contributed by atoms with Crippen LogP contribution in [-0.4, -0.2) is 42.6 Å². The first-order valence-electron chi connectivity index (χ1n) is 7.64. The fourth-order valence-electron chi connectivity index (χ4n) is 2.61. The Balaban J connectivity index is 1.62. The van der Waals surface area contributed by atoms with Crippen molar-refractivity contribution in [2.45, 2.75) is 18.2 Å². The van der Waals surface area contributed by atoms with E-state index in [0.29, 0.717) is 25.6 Å². The van der Waals surface area contributed by atoms with E-state index in [1.807, 2.05) is 13.0 Å². The van der Waals surface area contributed by atoms with Crippen molar-refractivity contribution in [2.75, 3.05) is 19.7 Å². The smallest absolute Gasteiger partial charge is 0.244 e. The van der Waals surface area contributed by atoms with Gasteiger partial charge in [-0.25, -0.2) is 8.42 Å². The Bertz CT molecular complexity index is 812. The Hall–Kier alpha value is -1.70. The van der Waals surface area contributed by atoms with Crippen molar-refractivity contribution < 1.29 is 13.2 Å². The number of nitrogens with zero attached hydrogens (tertiary/aromatic N) is 3. The molecule has 0 radical (unpaired) electrons. The molecule has 24 heavy (non-hydrogen) atoms. The molecule has 1 aliphatic rings. The Kier molecular flexibility index (Phi) is 5.03. The maximum atomic E-state index is 12.7. The summed E-state index contributed by atoms with van der Waals surface area (Å²) in [4.78, 5) is 0.151. The molecular weight excluding hydrogens is 350 g/mol. The molecule has 3 rings (SSSR count). The number of hydrogen-bond donors (Lipinski definition) is 0. The summed E-state index contributed by atoms with van der Waals surface area (Å²) in [6.07, 6.45) is 0.739. The molecule has 2 aromatic rings. The summed E-state index contributed by atoms with van der Waals surface area (Å²) in [5.41, 5.74) is 0.820. The predicted octanol–water partition coefficient (Wildman–Crippen LogP) is 2.53. The minimum absolute atomic E-state index is 0.116. The van der Waals surface area contributed by atoms with Crippen molar-refractivity contribution in [3.63, 3.8) is 0 Å². The van der Waals surface area contributed by atoms with E-state index < -0.39 is 10.0 Å². The van der Waals surface area contributed by atoms with Crippen LogP contribution in [0.25, 0.3) is 0 Å². The first-order valence-corrected chi connectivity index (χ1v) is 9.46. The van der Waals surface area contributed by atoms with E-state index in [9.17, 15) is 8.42 Å². The second kappa shape index (κ2) is 7.04. The van der Waals surface area contributed by atoms with Crippen molar-refractivity contribution in [1.82, 2.24) is 14.5 Å². The minimum Gasteiger partial charge on any atom is -0.476 e. The largest absolute Gasteiger partial charge is 0.476 e. The van der Waals surface area contributed by atoms with Gasteiger partial charge in [0, 0.05) is 25.1 Å². The molecule has 1 aromatic carbocycles. The molecule has 1 fully saturated rings. The van der Waals surface area contributed by atoms with E-state index in [0.717, 1.165) is 12.1 Å². The fraction of sp³-hybridized carbons (Fsp3) is 0.375. The Morgan fingerprint density at radius 3 is 2.75 bits per heavy atom. The molecule has 8 heteroatoms. The molecule has 1 unspecified atom stereocenters. The monoisotopic (exact) mass is 367 g/mol. The Morgan fingerprint density at radius 1 is 1.25 bits per heavy atom. The third kappa shape index (κ3) is 3.68. The lowest BCUT2D eigenvalue weighted by Gasteiger charge is -2.17. The molecule has 1 atom stereocenters. The quantitative estimate of drug-likeness (QED) is 0.812. The van der Waals surface area contributed by atoms with Gasteiger partial charge in [-0.3, -0.25) is 0 Å². The number of sulfonamides is 1. The van der Waals surface area contributed by atoms with Gasteiger partial charge in [-0.1, -0.05) is 23.7 Å². The molecule has 0 N–H and O–H groups in total. The summed E-state index contributed by atoms with van der Waals surface area (Å²) in [5, 5.41) is 8.12. The summed E-state index contributed by atoms with van der Waals surface area (Å²) in [6.45, 7) is 3.13. The number of benzene rings is 1. The van der Waals surface area contributed by atoms with Gasteiger partial charge >= 0.3 is 0 Å². The van der Waals surface area contributed by atoms with Gasteiger partial charge in [0.2, 0.25) is 15.9 Å². The van der Waals surface area contributed by atoms with Crippen molar-refractivity contribution in [3.05, 3.63) is 47.1 Å². The topological polar surface area (TPSA) is 72.4 Å². The van der Waals surface area contributed by atoms with Gasteiger partial charge in [-0.05, 0) is 31.5 Å². The molecule has 1 aliphatic heterocycles. The molecule has 128 valence electrons. The second-order valence-electron chi connectivity index (χ2n) is 5.77. The number of rotatable bonds is 5. The molecular formula is C16H18ClN3O3S. The van der Waals surface area contributed by atoms with Crippen molar-refractivity contribution >= 4 is 21.6 Å². The number of halogens is 1. The summed E-state index contributed by atoms with van der Waals surface area (Å²) >= 11 is 6.03. The highest BCUT2D eigenvalue weighted by Gasteiger charge is 2.33. The van der Waals surface area contributed by atoms with E-state index in [2.05, 4.69) is 10.2 Å². The second-order valence-corrected chi connectivity index (χ2v) is 8.09. The van der Waals surface area contributed by atoms with Gasteiger partial charge in [0.05, 0.1) is 17.3 Å². The maximum absolute atomic E-state index is 12.7. The molecule has 0 amide bonds. The third-order valence-corrected chi connectivity index (χ3v) is 6.31. The van der Waals surface area contributed by atoms with Crippen LogP contribution < -0.4 is 4.74 Å². The molecule has 1 saturated heterocycles. The van der Waals surface area contributed by atoms with Crippen LogP contribution in [0.5, 0.6) is 5.88 Å². The number of hydrogen-bond acceptors (Lipinski definition) is 5. The average Bonchev–Trinajstić information content (AvgIpc) is 3.04. The minimum atomic E-state index is -3.57. The zero-order valence-corrected chi connectivity index (χ0v) is 14.8. The number of aromatic nitrogens is 2. The molecule has 1 aromatic heterocycles. The van der Waals surface area contributed by atoms with Crippen LogP contribution in [0.15, 0.2) is 41.3 Å². The lowest BCUT2D eigenvalue weighted by Crippen LogP contribution is -2.30. The van der Waals surface area contributed by atoms with E-state index >= 15 is 0 Å². The third-order valence-electron chi connectivity index (χ3n) is 3.94. The van der Waals surface area contributed by atoms with Crippen LogP contribution in [-0.2, 0) is 10.0 Å². The summed E-state index contributed by atoms with van der Waals surface area (Å²) in [5.74, 6) is 0.568. The van der Waals surface area contributed by atoms with Gasteiger partial charge < -0.3 is 4.74 Å². The fourth-order valence-corrected chi connectivity index (χ4v) is 4.64.